The molecule has 1 atom stereocenters. The number of halogens is 1. The number of aryl methyl sites for hydroxylation is 1. The third-order valence-electron chi connectivity index (χ3n) is 3.55. The van der Waals surface area contributed by atoms with E-state index in [0.717, 1.165) is 29.9 Å². The van der Waals surface area contributed by atoms with Crippen molar-refractivity contribution in [3.63, 3.8) is 0 Å². The molecule has 1 fully saturated rings. The van der Waals surface area contributed by atoms with Crippen LogP contribution in [0, 0.1) is 12.8 Å². The number of thiophene rings is 1. The summed E-state index contributed by atoms with van der Waals surface area (Å²) >= 11 is 7.26. The minimum absolute atomic E-state index is 0.230. The van der Waals surface area contributed by atoms with E-state index in [2.05, 4.69) is 0 Å². The summed E-state index contributed by atoms with van der Waals surface area (Å²) < 4.78 is 32.3. The van der Waals surface area contributed by atoms with Crippen molar-refractivity contribution in [1.29, 1.82) is 0 Å². The first-order valence-corrected chi connectivity index (χ1v) is 9.49. The second-order valence-electron chi connectivity index (χ2n) is 5.17. The molecule has 0 bridgehead atoms. The molecule has 2 rings (SSSR count). The van der Waals surface area contributed by atoms with E-state index in [1.165, 1.54) is 15.6 Å². The van der Waals surface area contributed by atoms with E-state index in [4.69, 9.17) is 16.3 Å². The summed E-state index contributed by atoms with van der Waals surface area (Å²) in [4.78, 5) is 1.10. The lowest BCUT2D eigenvalue weighted by atomic mass is 10.0. The van der Waals surface area contributed by atoms with Crippen molar-refractivity contribution >= 4 is 33.0 Å². The Kier molecular flexibility index (Phi) is 5.48. The second kappa shape index (κ2) is 6.75. The summed E-state index contributed by atoms with van der Waals surface area (Å²) in [6.45, 7) is 3.74. The highest BCUT2D eigenvalue weighted by atomic mass is 35.5. The van der Waals surface area contributed by atoms with Gasteiger partial charge >= 0.3 is 0 Å². The van der Waals surface area contributed by atoms with Crippen LogP contribution in [0.3, 0.4) is 0 Å². The second-order valence-corrected chi connectivity index (χ2v) is 8.39. The van der Waals surface area contributed by atoms with Crippen LogP contribution in [-0.4, -0.2) is 39.5 Å². The molecule has 0 aliphatic carbocycles. The fourth-order valence-corrected chi connectivity index (χ4v) is 5.74. The summed E-state index contributed by atoms with van der Waals surface area (Å²) in [6.07, 6.45) is 2.02. The molecular weight excluding hydrogens is 318 g/mol. The lowest BCUT2D eigenvalue weighted by molar-refractivity contribution is 0.0495. The van der Waals surface area contributed by atoms with Crippen molar-refractivity contribution in [2.45, 2.75) is 30.5 Å². The Morgan fingerprint density at radius 1 is 1.55 bits per heavy atom. The maximum Gasteiger partial charge on any atom is 0.244 e. The number of sulfonamides is 1. The maximum atomic E-state index is 12.7. The molecule has 0 saturated carbocycles. The van der Waals surface area contributed by atoms with Gasteiger partial charge in [0, 0.05) is 25.1 Å². The van der Waals surface area contributed by atoms with Crippen LogP contribution in [0.4, 0.5) is 0 Å². The van der Waals surface area contributed by atoms with E-state index >= 15 is 0 Å². The summed E-state index contributed by atoms with van der Waals surface area (Å²) in [5.41, 5.74) is 0.775. The van der Waals surface area contributed by atoms with Gasteiger partial charge in [0.15, 0.2) is 0 Å². The molecule has 0 amide bonds. The Hall–Kier alpha value is -0.140. The minimum Gasteiger partial charge on any atom is -0.381 e. The minimum atomic E-state index is -3.46. The number of alkyl halides is 1. The molecule has 1 aromatic heterocycles. The molecule has 1 unspecified atom stereocenters. The zero-order valence-corrected chi connectivity index (χ0v) is 14.2. The van der Waals surface area contributed by atoms with Gasteiger partial charge < -0.3 is 4.74 Å². The summed E-state index contributed by atoms with van der Waals surface area (Å²) in [5.74, 6) is 0.509. The Morgan fingerprint density at radius 2 is 2.30 bits per heavy atom. The van der Waals surface area contributed by atoms with Crippen molar-refractivity contribution in [2.24, 2.45) is 5.92 Å². The highest BCUT2D eigenvalue weighted by Gasteiger charge is 2.29. The predicted octanol–water partition coefficient (Wildman–Crippen LogP) is 2.84. The monoisotopic (exact) mass is 337 g/mol. The molecule has 0 N–H and O–H groups in total. The SMILES string of the molecule is Cc1csc(CCl)c1S(=O)(=O)N(C)CC1CCCOC1. The van der Waals surface area contributed by atoms with Gasteiger partial charge in [-0.05, 0) is 36.6 Å². The van der Waals surface area contributed by atoms with Crippen LogP contribution in [0.2, 0.25) is 0 Å². The Labute approximate surface area is 129 Å². The number of rotatable bonds is 5. The summed E-state index contributed by atoms with van der Waals surface area (Å²) in [7, 11) is -1.83. The zero-order chi connectivity index (χ0) is 14.8. The standard InChI is InChI=1S/C13H20ClNO3S2/c1-10-9-19-12(6-14)13(10)20(16,17)15(2)7-11-4-3-5-18-8-11/h9,11H,3-8H2,1-2H3. The first kappa shape index (κ1) is 16.2. The zero-order valence-electron chi connectivity index (χ0n) is 11.8. The van der Waals surface area contributed by atoms with Crippen LogP contribution < -0.4 is 0 Å². The normalized spacial score (nSPS) is 20.5. The Balaban J connectivity index is 2.18. The third-order valence-corrected chi connectivity index (χ3v) is 7.26. The van der Waals surface area contributed by atoms with E-state index in [9.17, 15) is 8.42 Å². The molecule has 1 aliphatic heterocycles. The van der Waals surface area contributed by atoms with Crippen LogP contribution in [0.15, 0.2) is 10.3 Å². The van der Waals surface area contributed by atoms with Gasteiger partial charge in [0.05, 0.1) is 12.5 Å². The largest absolute Gasteiger partial charge is 0.381 e. The van der Waals surface area contributed by atoms with Crippen LogP contribution in [0.5, 0.6) is 0 Å². The van der Waals surface area contributed by atoms with Crippen molar-refractivity contribution in [1.82, 2.24) is 4.31 Å². The first-order valence-electron chi connectivity index (χ1n) is 6.63. The molecule has 1 aliphatic rings. The van der Waals surface area contributed by atoms with Crippen LogP contribution >= 0.6 is 22.9 Å². The summed E-state index contributed by atoms with van der Waals surface area (Å²) in [5, 5.41) is 1.85. The molecule has 0 aromatic carbocycles. The lowest BCUT2D eigenvalue weighted by Gasteiger charge is -2.27. The predicted molar refractivity (Wildman–Crippen MR) is 82.0 cm³/mol. The van der Waals surface area contributed by atoms with Crippen molar-refractivity contribution < 1.29 is 13.2 Å². The summed E-state index contributed by atoms with van der Waals surface area (Å²) in [6, 6.07) is 0. The Bertz CT molecular complexity index is 550. The maximum absolute atomic E-state index is 12.7. The average molecular weight is 338 g/mol. The fourth-order valence-electron chi connectivity index (χ4n) is 2.49. The lowest BCUT2D eigenvalue weighted by Crippen LogP contribution is -2.35. The molecule has 1 aromatic rings. The van der Waals surface area contributed by atoms with Crippen molar-refractivity contribution in [2.75, 3.05) is 26.8 Å². The van der Waals surface area contributed by atoms with Crippen LogP contribution in [0.25, 0.3) is 0 Å². The quantitative estimate of drug-likeness (QED) is 0.776. The molecule has 20 heavy (non-hydrogen) atoms. The topological polar surface area (TPSA) is 46.6 Å². The van der Waals surface area contributed by atoms with E-state index in [1.807, 2.05) is 12.3 Å². The van der Waals surface area contributed by atoms with Crippen molar-refractivity contribution in [3.05, 3.63) is 15.8 Å². The first-order chi connectivity index (χ1) is 9.46. The molecule has 114 valence electrons. The van der Waals surface area contributed by atoms with Gasteiger partial charge in [-0.15, -0.1) is 22.9 Å². The highest BCUT2D eigenvalue weighted by molar-refractivity contribution is 7.89. The van der Waals surface area contributed by atoms with Crippen LogP contribution in [0.1, 0.15) is 23.3 Å². The van der Waals surface area contributed by atoms with E-state index in [-0.39, 0.29) is 11.8 Å². The number of hydrogen-bond donors (Lipinski definition) is 0. The highest BCUT2D eigenvalue weighted by Crippen LogP contribution is 2.31. The molecule has 4 nitrogen and oxygen atoms in total. The van der Waals surface area contributed by atoms with E-state index in [0.29, 0.717) is 18.0 Å². The number of ether oxygens (including phenoxy) is 1. The number of nitrogens with zero attached hydrogens (tertiary/aromatic N) is 1. The Morgan fingerprint density at radius 3 is 2.90 bits per heavy atom. The molecule has 1 saturated heterocycles. The smallest absolute Gasteiger partial charge is 0.244 e. The average Bonchev–Trinajstić information content (AvgIpc) is 2.81. The van der Waals surface area contributed by atoms with Gasteiger partial charge in [-0.1, -0.05) is 0 Å². The van der Waals surface area contributed by atoms with Gasteiger partial charge in [0.25, 0.3) is 0 Å². The van der Waals surface area contributed by atoms with Gasteiger partial charge in [-0.2, -0.15) is 0 Å². The van der Waals surface area contributed by atoms with Gasteiger partial charge in [0.2, 0.25) is 10.0 Å². The van der Waals surface area contributed by atoms with E-state index < -0.39 is 10.0 Å². The van der Waals surface area contributed by atoms with Gasteiger partial charge in [-0.3, -0.25) is 0 Å². The third kappa shape index (κ3) is 3.36. The molecule has 7 heteroatoms. The molecule has 0 radical (unpaired) electrons. The number of hydrogen-bond acceptors (Lipinski definition) is 4. The van der Waals surface area contributed by atoms with Gasteiger partial charge in [-0.25, -0.2) is 12.7 Å². The molecular formula is C13H20ClNO3S2. The molecule has 0 spiro atoms. The van der Waals surface area contributed by atoms with Crippen LogP contribution in [-0.2, 0) is 20.6 Å². The van der Waals surface area contributed by atoms with E-state index in [1.54, 1.807) is 7.05 Å². The van der Waals surface area contributed by atoms with Crippen molar-refractivity contribution in [3.8, 4) is 0 Å². The molecule has 2 heterocycles. The fraction of sp³-hybridized carbons (Fsp3) is 0.692. The van der Waals surface area contributed by atoms with Gasteiger partial charge in [0.1, 0.15) is 4.90 Å².